The van der Waals surface area contributed by atoms with Gasteiger partial charge in [0.15, 0.2) is 0 Å². The highest BCUT2D eigenvalue weighted by Gasteiger charge is 2.40. The average Bonchev–Trinajstić information content (AvgIpc) is 2.69. The van der Waals surface area contributed by atoms with E-state index in [0.29, 0.717) is 6.42 Å². The summed E-state index contributed by atoms with van der Waals surface area (Å²) in [4.78, 5) is 11.3. The van der Waals surface area contributed by atoms with Crippen molar-refractivity contribution in [1.82, 2.24) is 5.32 Å². The van der Waals surface area contributed by atoms with Crippen LogP contribution in [-0.2, 0) is 11.2 Å². The molecule has 1 aliphatic heterocycles. The maximum Gasteiger partial charge on any atom is 0.324 e. The van der Waals surface area contributed by atoms with Crippen LogP contribution in [0.15, 0.2) is 30.3 Å². The molecule has 88 valence electrons. The van der Waals surface area contributed by atoms with Gasteiger partial charge in [-0.1, -0.05) is 30.3 Å². The van der Waals surface area contributed by atoms with Crippen molar-refractivity contribution in [3.63, 3.8) is 0 Å². The van der Waals surface area contributed by atoms with Crippen LogP contribution in [0.1, 0.15) is 18.4 Å². The molecule has 3 nitrogen and oxygen atoms in total. The number of benzene rings is 1. The van der Waals surface area contributed by atoms with Crippen LogP contribution >= 0.6 is 12.4 Å². The molecule has 0 spiro atoms. The van der Waals surface area contributed by atoms with Crippen LogP contribution in [0.2, 0.25) is 0 Å². The topological polar surface area (TPSA) is 49.3 Å². The third-order valence-electron chi connectivity index (χ3n) is 3.00. The Morgan fingerprint density at radius 3 is 2.56 bits per heavy atom. The molecule has 0 aromatic heterocycles. The fraction of sp³-hybridized carbons (Fsp3) is 0.417. The summed E-state index contributed by atoms with van der Waals surface area (Å²) in [5, 5.41) is 12.4. The molecule has 4 heteroatoms. The van der Waals surface area contributed by atoms with Crippen LogP contribution in [0.4, 0.5) is 0 Å². The molecule has 1 aromatic carbocycles. The largest absolute Gasteiger partial charge is 0.480 e. The van der Waals surface area contributed by atoms with E-state index in [4.69, 9.17) is 0 Å². The third kappa shape index (κ3) is 2.54. The summed E-state index contributed by atoms with van der Waals surface area (Å²) in [7, 11) is 0. The first-order valence-corrected chi connectivity index (χ1v) is 5.25. The Labute approximate surface area is 101 Å². The second-order valence-corrected chi connectivity index (χ2v) is 4.08. The fourth-order valence-electron chi connectivity index (χ4n) is 2.16. The zero-order valence-corrected chi connectivity index (χ0v) is 9.80. The first kappa shape index (κ1) is 13.0. The second kappa shape index (κ2) is 5.32. The van der Waals surface area contributed by atoms with Crippen molar-refractivity contribution in [2.75, 3.05) is 6.54 Å². The van der Waals surface area contributed by atoms with Crippen molar-refractivity contribution in [2.45, 2.75) is 24.8 Å². The Bertz CT molecular complexity index is 347. The average molecular weight is 242 g/mol. The van der Waals surface area contributed by atoms with E-state index in [1.54, 1.807) is 0 Å². The number of halogens is 1. The van der Waals surface area contributed by atoms with Crippen molar-refractivity contribution in [1.29, 1.82) is 0 Å². The van der Waals surface area contributed by atoms with Crippen LogP contribution in [-0.4, -0.2) is 23.2 Å². The van der Waals surface area contributed by atoms with Crippen molar-refractivity contribution < 1.29 is 9.90 Å². The van der Waals surface area contributed by atoms with E-state index in [1.807, 2.05) is 30.3 Å². The molecule has 1 unspecified atom stereocenters. The predicted molar refractivity (Wildman–Crippen MR) is 65.0 cm³/mol. The predicted octanol–water partition coefficient (Wildman–Crippen LogP) is 1.86. The zero-order chi connectivity index (χ0) is 10.7. The second-order valence-electron chi connectivity index (χ2n) is 4.08. The van der Waals surface area contributed by atoms with Gasteiger partial charge in [0.1, 0.15) is 5.54 Å². The van der Waals surface area contributed by atoms with E-state index in [1.165, 1.54) is 0 Å². The van der Waals surface area contributed by atoms with E-state index in [-0.39, 0.29) is 12.4 Å². The van der Waals surface area contributed by atoms with E-state index < -0.39 is 11.5 Å². The number of carbonyl (C=O) groups is 1. The van der Waals surface area contributed by atoms with Gasteiger partial charge < -0.3 is 10.4 Å². The van der Waals surface area contributed by atoms with Gasteiger partial charge in [-0.2, -0.15) is 0 Å². The Morgan fingerprint density at radius 1 is 1.38 bits per heavy atom. The standard InChI is InChI=1S/C12H15NO2.ClH/c14-11(15)12(7-4-8-13-12)9-10-5-2-1-3-6-10;/h1-3,5-6,13H,4,7-9H2,(H,14,15);1H. The van der Waals surface area contributed by atoms with Crippen LogP contribution in [0.3, 0.4) is 0 Å². The fourth-order valence-corrected chi connectivity index (χ4v) is 2.16. The third-order valence-corrected chi connectivity index (χ3v) is 3.00. The molecule has 1 fully saturated rings. The van der Waals surface area contributed by atoms with E-state index in [0.717, 1.165) is 24.9 Å². The summed E-state index contributed by atoms with van der Waals surface area (Å²) in [5.74, 6) is -0.733. The molecule has 0 saturated carbocycles. The smallest absolute Gasteiger partial charge is 0.324 e. The number of hydrogen-bond donors (Lipinski definition) is 2. The Balaban J connectivity index is 0.00000128. The van der Waals surface area contributed by atoms with Crippen LogP contribution in [0, 0.1) is 0 Å². The number of nitrogens with one attached hydrogen (secondary N) is 1. The lowest BCUT2D eigenvalue weighted by atomic mass is 9.89. The quantitative estimate of drug-likeness (QED) is 0.849. The van der Waals surface area contributed by atoms with Gasteiger partial charge in [0.2, 0.25) is 0 Å². The first-order chi connectivity index (χ1) is 7.23. The lowest BCUT2D eigenvalue weighted by molar-refractivity contribution is -0.144. The van der Waals surface area contributed by atoms with Gasteiger partial charge >= 0.3 is 5.97 Å². The van der Waals surface area contributed by atoms with Gasteiger partial charge in [0.25, 0.3) is 0 Å². The van der Waals surface area contributed by atoms with Crippen molar-refractivity contribution in [2.24, 2.45) is 0 Å². The van der Waals surface area contributed by atoms with Crippen molar-refractivity contribution in [3.05, 3.63) is 35.9 Å². The molecule has 16 heavy (non-hydrogen) atoms. The minimum Gasteiger partial charge on any atom is -0.480 e. The molecule has 0 radical (unpaired) electrons. The molecule has 1 aliphatic rings. The summed E-state index contributed by atoms with van der Waals surface area (Å²) in [6.45, 7) is 0.805. The number of rotatable bonds is 3. The SMILES string of the molecule is Cl.O=C(O)C1(Cc2ccccc2)CCCN1. The maximum absolute atomic E-state index is 11.3. The molecule has 0 aliphatic carbocycles. The Morgan fingerprint density at radius 2 is 2.06 bits per heavy atom. The summed E-state index contributed by atoms with van der Waals surface area (Å²) in [5.41, 5.74) is 0.343. The summed E-state index contributed by atoms with van der Waals surface area (Å²) >= 11 is 0. The molecular weight excluding hydrogens is 226 g/mol. The first-order valence-electron chi connectivity index (χ1n) is 5.25. The number of carboxylic acids is 1. The van der Waals surface area contributed by atoms with Crippen LogP contribution < -0.4 is 5.32 Å². The van der Waals surface area contributed by atoms with Gasteiger partial charge in [-0.25, -0.2) is 0 Å². The minimum absolute atomic E-state index is 0. The number of aliphatic carboxylic acids is 1. The summed E-state index contributed by atoms with van der Waals surface area (Å²) in [6.07, 6.45) is 2.24. The van der Waals surface area contributed by atoms with Gasteiger partial charge in [-0.15, -0.1) is 12.4 Å². The molecule has 1 atom stereocenters. The lowest BCUT2D eigenvalue weighted by Crippen LogP contribution is -2.49. The van der Waals surface area contributed by atoms with Gasteiger partial charge in [-0.05, 0) is 24.9 Å². The highest BCUT2D eigenvalue weighted by Crippen LogP contribution is 2.24. The molecule has 1 aromatic rings. The highest BCUT2D eigenvalue weighted by atomic mass is 35.5. The monoisotopic (exact) mass is 241 g/mol. The molecule has 1 saturated heterocycles. The summed E-state index contributed by atoms with van der Waals surface area (Å²) < 4.78 is 0. The molecule has 2 N–H and O–H groups in total. The molecule has 0 bridgehead atoms. The van der Waals surface area contributed by atoms with E-state index in [9.17, 15) is 9.90 Å². The van der Waals surface area contributed by atoms with Crippen LogP contribution in [0.5, 0.6) is 0 Å². The normalized spacial score (nSPS) is 23.8. The van der Waals surface area contributed by atoms with Crippen molar-refractivity contribution >= 4 is 18.4 Å². The van der Waals surface area contributed by atoms with Crippen LogP contribution in [0.25, 0.3) is 0 Å². The molecular formula is C12H16ClNO2. The number of hydrogen-bond acceptors (Lipinski definition) is 2. The van der Waals surface area contributed by atoms with Gasteiger partial charge in [-0.3, -0.25) is 4.79 Å². The molecule has 1 heterocycles. The molecule has 2 rings (SSSR count). The van der Waals surface area contributed by atoms with Crippen molar-refractivity contribution in [3.8, 4) is 0 Å². The van der Waals surface area contributed by atoms with Gasteiger partial charge in [0, 0.05) is 6.42 Å². The zero-order valence-electron chi connectivity index (χ0n) is 8.98. The van der Waals surface area contributed by atoms with E-state index in [2.05, 4.69) is 5.32 Å². The summed E-state index contributed by atoms with van der Waals surface area (Å²) in [6, 6.07) is 9.79. The molecule has 0 amide bonds. The maximum atomic E-state index is 11.3. The Kier molecular flexibility index (Phi) is 4.33. The van der Waals surface area contributed by atoms with E-state index >= 15 is 0 Å². The number of carboxylic acid groups (broad SMARTS) is 1. The van der Waals surface area contributed by atoms with Gasteiger partial charge in [0.05, 0.1) is 0 Å². The lowest BCUT2D eigenvalue weighted by Gasteiger charge is -2.24. The Hall–Kier alpha value is -1.06. The minimum atomic E-state index is -0.735. The highest BCUT2D eigenvalue weighted by molar-refractivity contribution is 5.85.